The van der Waals surface area contributed by atoms with Crippen molar-refractivity contribution in [2.75, 3.05) is 13.2 Å². The Balaban J connectivity index is 2.20. The van der Waals surface area contributed by atoms with Gasteiger partial charge in [0.15, 0.2) is 6.29 Å². The third kappa shape index (κ3) is 37.7. The summed E-state index contributed by atoms with van der Waals surface area (Å²) in [7, 11) is 0. The van der Waals surface area contributed by atoms with E-state index in [2.05, 4.69) is 67.8 Å². The van der Waals surface area contributed by atoms with Crippen molar-refractivity contribution < 1.29 is 39.8 Å². The summed E-state index contributed by atoms with van der Waals surface area (Å²) in [6.07, 6.45) is 58.8. The van der Waals surface area contributed by atoms with E-state index < -0.39 is 49.5 Å². The number of amides is 1. The van der Waals surface area contributed by atoms with Gasteiger partial charge in [-0.2, -0.15) is 0 Å². The minimum Gasteiger partial charge on any atom is -0.394 e. The first-order chi connectivity index (χ1) is 33.3. The lowest BCUT2D eigenvalue weighted by molar-refractivity contribution is -0.302. The van der Waals surface area contributed by atoms with Crippen molar-refractivity contribution in [2.24, 2.45) is 0 Å². The molecule has 9 heteroatoms. The summed E-state index contributed by atoms with van der Waals surface area (Å²) in [5.41, 5.74) is 0. The summed E-state index contributed by atoms with van der Waals surface area (Å²) in [5, 5.41) is 54.3. The molecule has 7 atom stereocenters. The van der Waals surface area contributed by atoms with Crippen LogP contribution in [0.3, 0.4) is 0 Å². The molecule has 0 aromatic carbocycles. The molecule has 0 aliphatic carbocycles. The molecule has 0 saturated carbocycles. The summed E-state index contributed by atoms with van der Waals surface area (Å²) in [6.45, 7) is 3.69. The maximum Gasteiger partial charge on any atom is 0.220 e. The summed E-state index contributed by atoms with van der Waals surface area (Å²) in [6, 6.07) is -0.838. The molecule has 0 radical (unpaired) electrons. The van der Waals surface area contributed by atoms with Crippen molar-refractivity contribution in [3.63, 3.8) is 0 Å². The van der Waals surface area contributed by atoms with E-state index in [1.165, 1.54) is 154 Å². The highest BCUT2D eigenvalue weighted by molar-refractivity contribution is 5.76. The zero-order chi connectivity index (χ0) is 49.4. The van der Waals surface area contributed by atoms with Crippen molar-refractivity contribution in [2.45, 2.75) is 294 Å². The fourth-order valence-electron chi connectivity index (χ4n) is 8.76. The molecule has 1 amide bonds. The fraction of sp³-hybridized carbons (Fsp3) is 0.814. The van der Waals surface area contributed by atoms with E-state index in [1.807, 2.05) is 6.08 Å². The van der Waals surface area contributed by atoms with Crippen molar-refractivity contribution in [1.29, 1.82) is 0 Å². The number of hydrogen-bond acceptors (Lipinski definition) is 8. The first-order valence-corrected chi connectivity index (χ1v) is 28.5. The number of hydrogen-bond donors (Lipinski definition) is 6. The maximum atomic E-state index is 13.0. The quantitative estimate of drug-likeness (QED) is 0.0261. The third-order valence-corrected chi connectivity index (χ3v) is 13.3. The Morgan fingerprint density at radius 1 is 0.500 bits per heavy atom. The van der Waals surface area contributed by atoms with Gasteiger partial charge in [0.25, 0.3) is 0 Å². The van der Waals surface area contributed by atoms with Crippen LogP contribution in [0.15, 0.2) is 60.8 Å². The van der Waals surface area contributed by atoms with Gasteiger partial charge in [-0.15, -0.1) is 0 Å². The number of ether oxygens (including phenoxy) is 2. The molecule has 1 aliphatic heterocycles. The molecule has 1 saturated heterocycles. The van der Waals surface area contributed by atoms with Gasteiger partial charge in [0, 0.05) is 6.42 Å². The SMILES string of the molecule is CCC/C=C\C/C=C\CCCCCCCC(=O)NC(COC1OC(CO)C(O)C(O)C1O)C(O)/C=C/CC/C=C/CC/C=C/CCCCCCCCCCCCCCCCCCCCCCCC. The topological polar surface area (TPSA) is 149 Å². The zero-order valence-electron chi connectivity index (χ0n) is 43.9. The van der Waals surface area contributed by atoms with Crippen molar-refractivity contribution in [1.82, 2.24) is 5.32 Å². The van der Waals surface area contributed by atoms with Crippen LogP contribution >= 0.6 is 0 Å². The predicted molar refractivity (Wildman–Crippen MR) is 286 cm³/mol. The van der Waals surface area contributed by atoms with Crippen LogP contribution < -0.4 is 5.32 Å². The van der Waals surface area contributed by atoms with Gasteiger partial charge in [0.05, 0.1) is 25.4 Å². The Labute approximate surface area is 417 Å². The van der Waals surface area contributed by atoms with Crippen LogP contribution in [-0.2, 0) is 14.3 Å². The van der Waals surface area contributed by atoms with E-state index >= 15 is 0 Å². The summed E-state index contributed by atoms with van der Waals surface area (Å²) in [4.78, 5) is 13.0. The average Bonchev–Trinajstić information content (AvgIpc) is 3.34. The number of carbonyl (C=O) groups excluding carboxylic acids is 1. The predicted octanol–water partition coefficient (Wildman–Crippen LogP) is 13.9. The highest BCUT2D eigenvalue weighted by atomic mass is 16.7. The van der Waals surface area contributed by atoms with Crippen LogP contribution in [0.5, 0.6) is 0 Å². The van der Waals surface area contributed by atoms with Crippen molar-refractivity contribution in [3.05, 3.63) is 60.8 Å². The number of aliphatic hydroxyl groups is 5. The lowest BCUT2D eigenvalue weighted by atomic mass is 9.99. The van der Waals surface area contributed by atoms with Gasteiger partial charge >= 0.3 is 0 Å². The first-order valence-electron chi connectivity index (χ1n) is 28.5. The van der Waals surface area contributed by atoms with Crippen LogP contribution in [0, 0.1) is 0 Å². The molecular formula is C59H107NO8. The lowest BCUT2D eigenvalue weighted by Gasteiger charge is -2.40. The molecule has 7 unspecified atom stereocenters. The van der Waals surface area contributed by atoms with E-state index in [4.69, 9.17) is 9.47 Å². The number of unbranched alkanes of at least 4 members (excludes halogenated alkanes) is 30. The average molecular weight is 959 g/mol. The second kappa shape index (κ2) is 48.5. The van der Waals surface area contributed by atoms with Crippen LogP contribution in [-0.4, -0.2) is 87.5 Å². The lowest BCUT2D eigenvalue weighted by Crippen LogP contribution is -2.60. The molecule has 0 aromatic rings. The van der Waals surface area contributed by atoms with Gasteiger partial charge in [-0.3, -0.25) is 4.79 Å². The normalized spacial score (nSPS) is 20.0. The molecule has 1 rings (SSSR count). The molecular weight excluding hydrogens is 851 g/mol. The molecule has 0 bridgehead atoms. The zero-order valence-corrected chi connectivity index (χ0v) is 43.9. The Morgan fingerprint density at radius 2 is 0.912 bits per heavy atom. The second-order valence-corrected chi connectivity index (χ2v) is 19.7. The largest absolute Gasteiger partial charge is 0.394 e. The number of rotatable bonds is 48. The van der Waals surface area contributed by atoms with Crippen molar-refractivity contribution >= 4 is 5.91 Å². The molecule has 6 N–H and O–H groups in total. The number of allylic oxidation sites excluding steroid dienone is 9. The standard InChI is InChI=1S/C59H107NO8/c1-3-5-7-9-11-13-15-17-18-19-20-21-22-23-24-25-26-27-28-29-30-31-32-33-34-35-37-38-40-42-44-46-48-53(62)52(51-67-59-58(66)57(65)56(64)54(50-61)68-59)60-55(63)49-47-45-43-41-39-36-16-14-12-10-8-6-4-2/h8,10,14,16,33-34,38,40,46,48,52-54,56-59,61-62,64-66H,3-7,9,11-13,15,17-32,35-37,39,41-45,47,49-51H2,1-2H3,(H,60,63)/b10-8-,16-14-,34-33+,40-38+,48-46+. The van der Waals surface area contributed by atoms with Gasteiger partial charge < -0.3 is 40.3 Å². The maximum absolute atomic E-state index is 13.0. The second-order valence-electron chi connectivity index (χ2n) is 19.7. The van der Waals surface area contributed by atoms with Gasteiger partial charge in [0.1, 0.15) is 24.4 Å². The molecule has 1 fully saturated rings. The van der Waals surface area contributed by atoms with Crippen molar-refractivity contribution in [3.8, 4) is 0 Å². The van der Waals surface area contributed by atoms with Crippen LogP contribution in [0.2, 0.25) is 0 Å². The summed E-state index contributed by atoms with van der Waals surface area (Å²) < 4.78 is 11.2. The van der Waals surface area contributed by atoms with Crippen LogP contribution in [0.1, 0.15) is 251 Å². The fourth-order valence-corrected chi connectivity index (χ4v) is 8.76. The number of aliphatic hydroxyl groups excluding tert-OH is 5. The van der Waals surface area contributed by atoms with Crippen LogP contribution in [0.4, 0.5) is 0 Å². The minimum absolute atomic E-state index is 0.207. The van der Waals surface area contributed by atoms with E-state index in [0.717, 1.165) is 77.0 Å². The van der Waals surface area contributed by atoms with Gasteiger partial charge in [-0.25, -0.2) is 0 Å². The first kappa shape index (κ1) is 63.9. The number of nitrogens with one attached hydrogen (secondary N) is 1. The molecule has 9 nitrogen and oxygen atoms in total. The van der Waals surface area contributed by atoms with E-state index in [-0.39, 0.29) is 12.5 Å². The Hall–Kier alpha value is -2.11. The molecule has 0 spiro atoms. The molecule has 0 aromatic heterocycles. The monoisotopic (exact) mass is 958 g/mol. The Morgan fingerprint density at radius 3 is 1.38 bits per heavy atom. The Bertz CT molecular complexity index is 1250. The van der Waals surface area contributed by atoms with E-state index in [1.54, 1.807) is 6.08 Å². The smallest absolute Gasteiger partial charge is 0.220 e. The highest BCUT2D eigenvalue weighted by Gasteiger charge is 2.44. The molecule has 1 aliphatic rings. The third-order valence-electron chi connectivity index (χ3n) is 13.3. The summed E-state index contributed by atoms with van der Waals surface area (Å²) >= 11 is 0. The number of carbonyl (C=O) groups is 1. The Kier molecular flexibility index (Phi) is 45.6. The minimum atomic E-state index is -1.58. The molecule has 396 valence electrons. The molecule has 68 heavy (non-hydrogen) atoms. The molecule has 1 heterocycles. The summed E-state index contributed by atoms with van der Waals surface area (Å²) in [5.74, 6) is -0.207. The van der Waals surface area contributed by atoms with E-state index in [9.17, 15) is 30.3 Å². The van der Waals surface area contributed by atoms with Gasteiger partial charge in [-0.05, 0) is 70.6 Å². The van der Waals surface area contributed by atoms with Crippen LogP contribution in [0.25, 0.3) is 0 Å². The van der Waals surface area contributed by atoms with Gasteiger partial charge in [-0.1, -0.05) is 235 Å². The van der Waals surface area contributed by atoms with Gasteiger partial charge in [0.2, 0.25) is 5.91 Å². The van der Waals surface area contributed by atoms with E-state index in [0.29, 0.717) is 6.42 Å². The highest BCUT2D eigenvalue weighted by Crippen LogP contribution is 2.23.